The first-order valence-corrected chi connectivity index (χ1v) is 9.27. The van der Waals surface area contributed by atoms with Crippen molar-refractivity contribution in [2.45, 2.75) is 12.5 Å². The number of aliphatic imine (C=N–C) groups is 1. The quantitative estimate of drug-likeness (QED) is 0.387. The zero-order valence-electron chi connectivity index (χ0n) is 17.3. The van der Waals surface area contributed by atoms with Crippen LogP contribution >= 0.6 is 0 Å². The van der Waals surface area contributed by atoms with Gasteiger partial charge in [0.05, 0.1) is 52.9 Å². The molecule has 2 rings (SSSR count). The molecule has 0 spiro atoms. The lowest BCUT2D eigenvalue weighted by Crippen LogP contribution is -2.39. The van der Waals surface area contributed by atoms with Crippen LogP contribution in [0.5, 0.6) is 11.5 Å². The van der Waals surface area contributed by atoms with E-state index in [0.29, 0.717) is 57.8 Å². The van der Waals surface area contributed by atoms with Crippen LogP contribution in [0.25, 0.3) is 0 Å². The van der Waals surface area contributed by atoms with Crippen molar-refractivity contribution < 1.29 is 33.6 Å². The van der Waals surface area contributed by atoms with E-state index in [1.807, 2.05) is 0 Å². The van der Waals surface area contributed by atoms with Gasteiger partial charge >= 0.3 is 5.97 Å². The molecular weight excluding hydrogens is 382 g/mol. The lowest BCUT2D eigenvalue weighted by molar-refractivity contribution is -0.146. The lowest BCUT2D eigenvalue weighted by atomic mass is 10.1. The number of hydrogen-bond acceptors (Lipinski definition) is 10. The molecule has 10 heteroatoms. The van der Waals surface area contributed by atoms with Gasteiger partial charge in [-0.2, -0.15) is 0 Å². The summed E-state index contributed by atoms with van der Waals surface area (Å²) in [5.74, 6) is 0.291. The molecule has 162 valence electrons. The predicted molar refractivity (Wildman–Crippen MR) is 104 cm³/mol. The average molecular weight is 411 g/mol. The van der Waals surface area contributed by atoms with Crippen molar-refractivity contribution in [1.82, 2.24) is 9.88 Å². The summed E-state index contributed by atoms with van der Waals surface area (Å²) in [4.78, 5) is 22.4. The van der Waals surface area contributed by atoms with Crippen LogP contribution < -0.4 is 4.74 Å². The van der Waals surface area contributed by atoms with Crippen LogP contribution in [0.4, 0.5) is 0 Å². The molecule has 0 aromatic carbocycles. The molecule has 1 aromatic rings. The zero-order valence-corrected chi connectivity index (χ0v) is 17.3. The summed E-state index contributed by atoms with van der Waals surface area (Å²) < 4.78 is 25.9. The van der Waals surface area contributed by atoms with Crippen molar-refractivity contribution in [2.24, 2.45) is 4.99 Å². The molecule has 0 fully saturated rings. The summed E-state index contributed by atoms with van der Waals surface area (Å²) in [5.41, 5.74) is -0.760. The van der Waals surface area contributed by atoms with Gasteiger partial charge in [-0.3, -0.25) is 0 Å². The topological polar surface area (TPSA) is 112 Å². The predicted octanol–water partition coefficient (Wildman–Crippen LogP) is 0.469. The monoisotopic (exact) mass is 411 g/mol. The number of esters is 1. The maximum Gasteiger partial charge on any atom is 0.335 e. The Labute approximate surface area is 170 Å². The van der Waals surface area contributed by atoms with Crippen molar-refractivity contribution in [3.63, 3.8) is 0 Å². The minimum atomic E-state index is -1.03. The lowest BCUT2D eigenvalue weighted by Gasteiger charge is -2.19. The molecule has 1 unspecified atom stereocenters. The molecular formula is C19H29N3O7. The van der Waals surface area contributed by atoms with Gasteiger partial charge in [-0.05, 0) is 6.92 Å². The number of rotatable bonds is 12. The number of carbonyl (C=O) groups excluding carboxylic acids is 1. The van der Waals surface area contributed by atoms with Crippen LogP contribution in [0.3, 0.4) is 0 Å². The number of pyridine rings is 1. The normalized spacial score (nSPS) is 18.6. The highest BCUT2D eigenvalue weighted by Gasteiger charge is 2.42. The van der Waals surface area contributed by atoms with Gasteiger partial charge in [-0.1, -0.05) is 0 Å². The second-order valence-corrected chi connectivity index (χ2v) is 6.66. The Bertz CT molecular complexity index is 713. The summed E-state index contributed by atoms with van der Waals surface area (Å²) in [6.07, 6.45) is 1.49. The largest absolute Gasteiger partial charge is 0.505 e. The molecule has 1 aliphatic heterocycles. The van der Waals surface area contributed by atoms with Gasteiger partial charge in [0.25, 0.3) is 0 Å². The van der Waals surface area contributed by atoms with Crippen LogP contribution in [0.2, 0.25) is 0 Å². The maximum absolute atomic E-state index is 12.0. The molecule has 0 aliphatic carbocycles. The number of carbonyl (C=O) groups is 1. The molecule has 1 aromatic heterocycles. The fraction of sp³-hybridized carbons (Fsp3) is 0.632. The van der Waals surface area contributed by atoms with E-state index in [4.69, 9.17) is 23.7 Å². The van der Waals surface area contributed by atoms with Crippen molar-refractivity contribution in [1.29, 1.82) is 0 Å². The van der Waals surface area contributed by atoms with E-state index in [1.165, 1.54) is 19.4 Å². The van der Waals surface area contributed by atoms with E-state index < -0.39 is 11.5 Å². The Morgan fingerprint density at radius 1 is 1.17 bits per heavy atom. The number of likely N-dealkylation sites (N-methyl/N-ethyl adjacent to an activating group) is 1. The third kappa shape index (κ3) is 6.28. The number of ether oxygens (including phenoxy) is 5. The fourth-order valence-corrected chi connectivity index (χ4v) is 2.82. The average Bonchev–Trinajstić information content (AvgIpc) is 3.01. The highest BCUT2D eigenvalue weighted by atomic mass is 16.6. The summed E-state index contributed by atoms with van der Waals surface area (Å²) in [5, 5.41) is 10.4. The number of aromatic nitrogens is 1. The van der Waals surface area contributed by atoms with E-state index in [0.717, 1.165) is 0 Å². The zero-order chi connectivity index (χ0) is 21.3. The van der Waals surface area contributed by atoms with Crippen LogP contribution in [-0.2, 0) is 23.7 Å². The first-order chi connectivity index (χ1) is 13.9. The third-order valence-electron chi connectivity index (χ3n) is 4.24. The van der Waals surface area contributed by atoms with Gasteiger partial charge < -0.3 is 33.7 Å². The van der Waals surface area contributed by atoms with Gasteiger partial charge in [0.1, 0.15) is 23.8 Å². The van der Waals surface area contributed by atoms with Gasteiger partial charge in [-0.25, -0.2) is 14.8 Å². The van der Waals surface area contributed by atoms with Gasteiger partial charge in [0, 0.05) is 20.2 Å². The van der Waals surface area contributed by atoms with Crippen molar-refractivity contribution >= 4 is 11.8 Å². The molecule has 10 nitrogen and oxygen atoms in total. The van der Waals surface area contributed by atoms with Crippen molar-refractivity contribution in [2.75, 3.05) is 67.5 Å². The first kappa shape index (κ1) is 22.9. The van der Waals surface area contributed by atoms with Crippen molar-refractivity contribution in [3.8, 4) is 11.5 Å². The molecule has 0 saturated heterocycles. The minimum absolute atomic E-state index is 0.0883. The molecule has 0 bridgehead atoms. The molecule has 1 aliphatic rings. The standard InChI is InChI=1S/C19H29N3O7/c1-19(18(24)26-4)13-22(2)17(21-19)16-15(23)11-14(12-20-16)29-10-9-28-8-7-27-6-5-25-3/h11-12,23H,5-10,13H2,1-4H3. The Morgan fingerprint density at radius 3 is 2.45 bits per heavy atom. The second kappa shape index (κ2) is 10.9. The van der Waals surface area contributed by atoms with E-state index in [2.05, 4.69) is 9.98 Å². The van der Waals surface area contributed by atoms with Gasteiger partial charge in [0.15, 0.2) is 11.4 Å². The smallest absolute Gasteiger partial charge is 0.335 e. The summed E-state index contributed by atoms with van der Waals surface area (Å²) in [6, 6.07) is 1.46. The highest BCUT2D eigenvalue weighted by Crippen LogP contribution is 2.28. The number of methoxy groups -OCH3 is 2. The Hall–Kier alpha value is -2.43. The molecule has 29 heavy (non-hydrogen) atoms. The summed E-state index contributed by atoms with van der Waals surface area (Å²) in [6.45, 7) is 4.73. The summed E-state index contributed by atoms with van der Waals surface area (Å²) in [7, 11) is 4.71. The van der Waals surface area contributed by atoms with E-state index in [9.17, 15) is 9.90 Å². The van der Waals surface area contributed by atoms with Gasteiger partial charge in [-0.15, -0.1) is 0 Å². The molecule has 1 atom stereocenters. The van der Waals surface area contributed by atoms with E-state index in [1.54, 1.807) is 26.0 Å². The number of aromatic hydroxyl groups is 1. The highest BCUT2D eigenvalue weighted by molar-refractivity contribution is 6.03. The van der Waals surface area contributed by atoms with Crippen molar-refractivity contribution in [3.05, 3.63) is 18.0 Å². The maximum atomic E-state index is 12.0. The molecule has 0 radical (unpaired) electrons. The van der Waals surface area contributed by atoms with E-state index >= 15 is 0 Å². The number of nitrogens with zero attached hydrogens (tertiary/aromatic N) is 3. The SMILES string of the molecule is COCCOCCOCCOc1cnc(C2=NC(C)(C(=O)OC)CN2C)c(O)c1. The Morgan fingerprint density at radius 2 is 1.83 bits per heavy atom. The summed E-state index contributed by atoms with van der Waals surface area (Å²) >= 11 is 0. The number of hydrogen-bond donors (Lipinski definition) is 1. The minimum Gasteiger partial charge on any atom is -0.505 e. The van der Waals surface area contributed by atoms with Gasteiger partial charge in [0.2, 0.25) is 0 Å². The number of amidine groups is 1. The van der Waals surface area contributed by atoms with Crippen LogP contribution in [0.1, 0.15) is 12.6 Å². The van der Waals surface area contributed by atoms with Crippen LogP contribution in [0.15, 0.2) is 17.3 Å². The third-order valence-corrected chi connectivity index (χ3v) is 4.24. The van der Waals surface area contributed by atoms with Crippen LogP contribution in [-0.4, -0.2) is 99.8 Å². The molecule has 0 amide bonds. The van der Waals surface area contributed by atoms with E-state index in [-0.39, 0.29) is 11.4 Å². The molecule has 1 N–H and O–H groups in total. The van der Waals surface area contributed by atoms with Crippen LogP contribution in [0, 0.1) is 0 Å². The fourth-order valence-electron chi connectivity index (χ4n) is 2.82. The first-order valence-electron chi connectivity index (χ1n) is 9.27. The Balaban J connectivity index is 1.84. The Kier molecular flexibility index (Phi) is 8.62. The second-order valence-electron chi connectivity index (χ2n) is 6.66. The molecule has 2 heterocycles. The molecule has 0 saturated carbocycles.